The molecule has 2 atom stereocenters. The Morgan fingerprint density at radius 1 is 1.41 bits per heavy atom. The maximum atomic E-state index is 11.4. The molecular weight excluding hydrogens is 236 g/mol. The minimum Gasteiger partial charge on any atom is -0.468 e. The van der Waals surface area contributed by atoms with Crippen LogP contribution in [-0.2, 0) is 9.53 Å². The fraction of sp³-hybridized carbons (Fsp3) is 0.308. The Morgan fingerprint density at radius 2 is 2.06 bits per heavy atom. The number of ether oxygens (including phenoxy) is 1. The smallest absolute Gasteiger partial charge is 0.321 e. The van der Waals surface area contributed by atoms with E-state index in [-0.39, 0.29) is 0 Å². The average molecular weight is 252 g/mol. The Hall–Kier alpha value is -1.26. The standard InChI is InChI=1S/C13H16O3S/c1-16-13(15)12(17-2)11(14)9-8-10-6-4-3-5-7-10/h3-9,11-12,14H,1-2H3/b9-8+/t11-,12-/m1/s1. The van der Waals surface area contributed by atoms with E-state index in [4.69, 9.17) is 0 Å². The number of thioether (sulfide) groups is 1. The first-order valence-corrected chi connectivity index (χ1v) is 6.49. The van der Waals surface area contributed by atoms with Gasteiger partial charge in [0.05, 0.1) is 13.2 Å². The lowest BCUT2D eigenvalue weighted by molar-refractivity contribution is -0.141. The first-order chi connectivity index (χ1) is 8.19. The van der Waals surface area contributed by atoms with Crippen LogP contribution in [0.4, 0.5) is 0 Å². The lowest BCUT2D eigenvalue weighted by Crippen LogP contribution is -2.30. The monoisotopic (exact) mass is 252 g/mol. The van der Waals surface area contributed by atoms with Gasteiger partial charge in [-0.2, -0.15) is 0 Å². The van der Waals surface area contributed by atoms with E-state index in [1.54, 1.807) is 18.4 Å². The molecule has 0 unspecified atom stereocenters. The molecule has 0 amide bonds. The third-order valence-electron chi connectivity index (χ3n) is 2.28. The zero-order valence-electron chi connectivity index (χ0n) is 9.87. The van der Waals surface area contributed by atoms with Gasteiger partial charge in [-0.3, -0.25) is 4.79 Å². The number of aliphatic hydroxyl groups excluding tert-OH is 1. The summed E-state index contributed by atoms with van der Waals surface area (Å²) in [7, 11) is 1.32. The SMILES string of the molecule is COC(=O)[C@H](SC)[C@H](O)/C=C/c1ccccc1. The topological polar surface area (TPSA) is 46.5 Å². The van der Waals surface area contributed by atoms with E-state index >= 15 is 0 Å². The van der Waals surface area contributed by atoms with Crippen LogP contribution in [-0.4, -0.2) is 35.8 Å². The molecule has 1 rings (SSSR count). The Labute approximate surface area is 105 Å². The first kappa shape index (κ1) is 13.8. The second-order valence-electron chi connectivity index (χ2n) is 3.44. The third-order valence-corrected chi connectivity index (χ3v) is 3.26. The normalized spacial score (nSPS) is 14.5. The van der Waals surface area contributed by atoms with Crippen molar-refractivity contribution >= 4 is 23.8 Å². The molecule has 92 valence electrons. The number of aliphatic hydroxyl groups is 1. The number of hydrogen-bond acceptors (Lipinski definition) is 4. The average Bonchev–Trinajstić information content (AvgIpc) is 2.38. The van der Waals surface area contributed by atoms with E-state index in [1.165, 1.54) is 18.9 Å². The quantitative estimate of drug-likeness (QED) is 0.814. The van der Waals surface area contributed by atoms with E-state index in [0.717, 1.165) is 5.56 Å². The Bertz CT molecular complexity index is 376. The molecule has 0 fully saturated rings. The van der Waals surface area contributed by atoms with E-state index in [1.807, 2.05) is 30.3 Å². The highest BCUT2D eigenvalue weighted by Crippen LogP contribution is 2.15. The van der Waals surface area contributed by atoms with Gasteiger partial charge in [0.2, 0.25) is 0 Å². The number of rotatable bonds is 5. The molecule has 0 heterocycles. The first-order valence-electron chi connectivity index (χ1n) is 5.21. The minimum absolute atomic E-state index is 0.414. The molecule has 3 nitrogen and oxygen atoms in total. The predicted molar refractivity (Wildman–Crippen MR) is 70.8 cm³/mol. The number of benzene rings is 1. The zero-order chi connectivity index (χ0) is 12.7. The van der Waals surface area contributed by atoms with Crippen LogP contribution in [0.25, 0.3) is 6.08 Å². The van der Waals surface area contributed by atoms with Gasteiger partial charge >= 0.3 is 5.97 Å². The van der Waals surface area contributed by atoms with Gasteiger partial charge in [0.25, 0.3) is 0 Å². The molecule has 0 aromatic heterocycles. The van der Waals surface area contributed by atoms with Crippen molar-refractivity contribution in [1.29, 1.82) is 0 Å². The van der Waals surface area contributed by atoms with Gasteiger partial charge in [-0.05, 0) is 11.8 Å². The van der Waals surface area contributed by atoms with Crippen molar-refractivity contribution in [2.75, 3.05) is 13.4 Å². The van der Waals surface area contributed by atoms with Gasteiger partial charge in [0, 0.05) is 0 Å². The fourth-order valence-corrected chi connectivity index (χ4v) is 2.02. The summed E-state index contributed by atoms with van der Waals surface area (Å²) in [5, 5.41) is 9.28. The molecule has 0 radical (unpaired) electrons. The summed E-state index contributed by atoms with van der Waals surface area (Å²) >= 11 is 1.27. The Morgan fingerprint density at radius 3 is 2.59 bits per heavy atom. The van der Waals surface area contributed by atoms with Gasteiger partial charge in [-0.15, -0.1) is 11.8 Å². The second kappa shape index (κ2) is 7.14. The summed E-state index contributed by atoms with van der Waals surface area (Å²) in [4.78, 5) is 11.4. The Balaban J connectivity index is 2.67. The van der Waals surface area contributed by atoms with E-state index in [2.05, 4.69) is 4.74 Å². The second-order valence-corrected chi connectivity index (χ2v) is 4.42. The van der Waals surface area contributed by atoms with Crippen molar-refractivity contribution in [2.45, 2.75) is 11.4 Å². The molecule has 0 bridgehead atoms. The minimum atomic E-state index is -0.849. The molecule has 0 spiro atoms. The molecule has 1 aromatic rings. The van der Waals surface area contributed by atoms with Crippen molar-refractivity contribution in [1.82, 2.24) is 0 Å². The number of hydrogen-bond donors (Lipinski definition) is 1. The van der Waals surface area contributed by atoms with Crippen molar-refractivity contribution < 1.29 is 14.6 Å². The highest BCUT2D eigenvalue weighted by molar-refractivity contribution is 8.00. The van der Waals surface area contributed by atoms with Crippen LogP contribution < -0.4 is 0 Å². The summed E-state index contributed by atoms with van der Waals surface area (Å²) in [5.41, 5.74) is 0.983. The number of esters is 1. The summed E-state index contributed by atoms with van der Waals surface area (Å²) < 4.78 is 4.62. The number of carbonyl (C=O) groups excluding carboxylic acids is 1. The maximum Gasteiger partial charge on any atom is 0.321 e. The van der Waals surface area contributed by atoms with Gasteiger partial charge < -0.3 is 9.84 Å². The van der Waals surface area contributed by atoms with Crippen LogP contribution in [0.15, 0.2) is 36.4 Å². The molecule has 0 aliphatic carbocycles. The molecule has 1 N–H and O–H groups in total. The summed E-state index contributed by atoms with van der Waals surface area (Å²) in [6.45, 7) is 0. The lowest BCUT2D eigenvalue weighted by Gasteiger charge is -2.15. The van der Waals surface area contributed by atoms with Crippen LogP contribution in [0.1, 0.15) is 5.56 Å². The van der Waals surface area contributed by atoms with E-state index < -0.39 is 17.3 Å². The predicted octanol–water partition coefficient (Wildman–Crippen LogP) is 1.97. The summed E-state index contributed by atoms with van der Waals surface area (Å²) in [6.07, 6.45) is 4.31. The maximum absolute atomic E-state index is 11.4. The van der Waals surface area contributed by atoms with Gasteiger partial charge in [-0.25, -0.2) is 0 Å². The summed E-state index contributed by atoms with van der Waals surface area (Å²) in [5.74, 6) is -0.414. The molecule has 0 aliphatic rings. The van der Waals surface area contributed by atoms with Crippen molar-refractivity contribution in [3.05, 3.63) is 42.0 Å². The number of carbonyl (C=O) groups is 1. The molecule has 4 heteroatoms. The van der Waals surface area contributed by atoms with Crippen LogP contribution in [0.2, 0.25) is 0 Å². The van der Waals surface area contributed by atoms with Crippen molar-refractivity contribution in [3.8, 4) is 0 Å². The molecule has 0 saturated carbocycles. The largest absolute Gasteiger partial charge is 0.468 e. The zero-order valence-corrected chi connectivity index (χ0v) is 10.7. The van der Waals surface area contributed by atoms with Crippen molar-refractivity contribution in [3.63, 3.8) is 0 Å². The number of methoxy groups -OCH3 is 1. The van der Waals surface area contributed by atoms with Crippen LogP contribution in [0, 0.1) is 0 Å². The molecular formula is C13H16O3S. The van der Waals surface area contributed by atoms with E-state index in [9.17, 15) is 9.90 Å². The van der Waals surface area contributed by atoms with Gasteiger partial charge in [-0.1, -0.05) is 42.5 Å². The molecule has 17 heavy (non-hydrogen) atoms. The molecule has 0 saturated heterocycles. The lowest BCUT2D eigenvalue weighted by atomic mass is 10.1. The molecule has 0 aliphatic heterocycles. The summed E-state index contributed by atoms with van der Waals surface area (Å²) in [6, 6.07) is 9.61. The highest BCUT2D eigenvalue weighted by Gasteiger charge is 2.24. The molecule has 1 aromatic carbocycles. The Kier molecular flexibility index (Phi) is 5.80. The van der Waals surface area contributed by atoms with Crippen LogP contribution in [0.3, 0.4) is 0 Å². The van der Waals surface area contributed by atoms with Gasteiger partial charge in [0.15, 0.2) is 0 Å². The van der Waals surface area contributed by atoms with Crippen LogP contribution in [0.5, 0.6) is 0 Å². The van der Waals surface area contributed by atoms with E-state index in [0.29, 0.717) is 0 Å². The third kappa shape index (κ3) is 4.24. The van der Waals surface area contributed by atoms with Gasteiger partial charge in [0.1, 0.15) is 5.25 Å². The highest BCUT2D eigenvalue weighted by atomic mass is 32.2. The fourth-order valence-electron chi connectivity index (χ4n) is 1.37. The van der Waals surface area contributed by atoms with Crippen molar-refractivity contribution in [2.24, 2.45) is 0 Å². The van der Waals surface area contributed by atoms with Crippen LogP contribution >= 0.6 is 11.8 Å².